The molecule has 1 aromatic rings. The Kier molecular flexibility index (Phi) is 1.77. The summed E-state index contributed by atoms with van der Waals surface area (Å²) in [7, 11) is 0. The highest BCUT2D eigenvalue weighted by Gasteiger charge is 2.24. The number of carboxylic acids is 1. The van der Waals surface area contributed by atoms with Crippen molar-refractivity contribution in [2.45, 2.75) is 20.0 Å². The lowest BCUT2D eigenvalue weighted by Crippen LogP contribution is -2.35. The first-order chi connectivity index (χ1) is 6.59. The Bertz CT molecular complexity index is 422. The van der Waals surface area contributed by atoms with E-state index < -0.39 is 5.97 Å². The third kappa shape index (κ3) is 1.15. The number of hydrogen-bond acceptors (Lipinski definition) is 3. The normalized spacial score (nSPS) is 14.8. The van der Waals surface area contributed by atoms with Crippen LogP contribution in [0, 0.1) is 6.92 Å². The largest absolute Gasteiger partial charge is 0.476 e. The van der Waals surface area contributed by atoms with E-state index in [2.05, 4.69) is 10.3 Å². The van der Waals surface area contributed by atoms with Gasteiger partial charge in [-0.1, -0.05) is 0 Å². The van der Waals surface area contributed by atoms with Gasteiger partial charge in [0.05, 0.1) is 12.2 Å². The maximum Gasteiger partial charge on any atom is 0.356 e. The van der Waals surface area contributed by atoms with E-state index in [1.807, 2.05) is 0 Å². The van der Waals surface area contributed by atoms with Gasteiger partial charge in [0.1, 0.15) is 12.4 Å². The van der Waals surface area contributed by atoms with Gasteiger partial charge in [0, 0.05) is 0 Å². The first kappa shape index (κ1) is 8.74. The van der Waals surface area contributed by atoms with Crippen LogP contribution in [-0.2, 0) is 17.9 Å². The van der Waals surface area contributed by atoms with Crippen molar-refractivity contribution in [1.29, 1.82) is 0 Å². The number of fused-ring (bicyclic) bond motifs is 1. The van der Waals surface area contributed by atoms with Crippen molar-refractivity contribution in [3.05, 3.63) is 17.2 Å². The summed E-state index contributed by atoms with van der Waals surface area (Å²) in [6, 6.07) is 0. The van der Waals surface area contributed by atoms with Crippen molar-refractivity contribution in [2.75, 3.05) is 0 Å². The molecule has 74 valence electrons. The Morgan fingerprint density at radius 2 is 2.36 bits per heavy atom. The molecule has 0 aliphatic carbocycles. The fourth-order valence-corrected chi connectivity index (χ4v) is 1.55. The Balaban J connectivity index is 2.54. The van der Waals surface area contributed by atoms with Crippen LogP contribution in [0.1, 0.15) is 22.0 Å². The van der Waals surface area contributed by atoms with Crippen molar-refractivity contribution in [3.63, 3.8) is 0 Å². The zero-order chi connectivity index (χ0) is 10.3. The average Bonchev–Trinajstić information content (AvgIpc) is 2.44. The van der Waals surface area contributed by atoms with Gasteiger partial charge in [0.2, 0.25) is 5.91 Å². The molecule has 0 fully saturated rings. The van der Waals surface area contributed by atoms with Gasteiger partial charge in [-0.25, -0.2) is 9.78 Å². The maximum atomic E-state index is 11.0. The second-order valence-corrected chi connectivity index (χ2v) is 3.12. The summed E-state index contributed by atoms with van der Waals surface area (Å²) in [5, 5.41) is 11.4. The smallest absolute Gasteiger partial charge is 0.356 e. The number of aryl methyl sites for hydroxylation is 1. The van der Waals surface area contributed by atoms with Gasteiger partial charge < -0.3 is 15.0 Å². The molecular formula is C8H9N3O3. The second-order valence-electron chi connectivity index (χ2n) is 3.12. The van der Waals surface area contributed by atoms with Crippen molar-refractivity contribution in [1.82, 2.24) is 14.9 Å². The third-order valence-corrected chi connectivity index (χ3v) is 2.22. The number of carboxylic acid groups (broad SMARTS) is 1. The Labute approximate surface area is 79.6 Å². The predicted molar refractivity (Wildman–Crippen MR) is 45.8 cm³/mol. The molecule has 14 heavy (non-hydrogen) atoms. The molecule has 1 aromatic heterocycles. The first-order valence-corrected chi connectivity index (χ1v) is 4.15. The molecule has 0 saturated heterocycles. The number of nitrogens with one attached hydrogen (secondary N) is 1. The molecule has 0 spiro atoms. The van der Waals surface area contributed by atoms with Gasteiger partial charge in [-0.3, -0.25) is 4.79 Å². The zero-order valence-electron chi connectivity index (χ0n) is 7.57. The Hall–Kier alpha value is -1.85. The number of amides is 1. The standard InChI is InChI=1S/C8H9N3O3/c1-4-10-7(8(13)14)5-2-9-6(12)3-11(4)5/h2-3H2,1H3,(H,9,12)(H,13,14). The minimum absolute atomic E-state index is 0.0301. The maximum absolute atomic E-state index is 11.0. The summed E-state index contributed by atoms with van der Waals surface area (Å²) in [6.45, 7) is 2.08. The van der Waals surface area contributed by atoms with E-state index in [0.29, 0.717) is 11.5 Å². The molecule has 0 unspecified atom stereocenters. The van der Waals surface area contributed by atoms with E-state index >= 15 is 0 Å². The Morgan fingerprint density at radius 3 is 3.00 bits per heavy atom. The van der Waals surface area contributed by atoms with E-state index in [9.17, 15) is 9.59 Å². The van der Waals surface area contributed by atoms with Crippen LogP contribution in [0.5, 0.6) is 0 Å². The van der Waals surface area contributed by atoms with Crippen molar-refractivity contribution < 1.29 is 14.7 Å². The van der Waals surface area contributed by atoms with Crippen molar-refractivity contribution in [2.24, 2.45) is 0 Å². The van der Waals surface area contributed by atoms with Crippen molar-refractivity contribution >= 4 is 11.9 Å². The predicted octanol–water partition coefficient (Wildman–Crippen LogP) is -0.480. The monoisotopic (exact) mass is 195 g/mol. The van der Waals surface area contributed by atoms with Gasteiger partial charge in [0.15, 0.2) is 5.69 Å². The summed E-state index contributed by atoms with van der Waals surface area (Å²) >= 11 is 0. The quantitative estimate of drug-likeness (QED) is 0.633. The fraction of sp³-hybridized carbons (Fsp3) is 0.375. The molecule has 6 heteroatoms. The number of aromatic carboxylic acids is 1. The van der Waals surface area contributed by atoms with Gasteiger partial charge in [0.25, 0.3) is 0 Å². The molecule has 2 N–H and O–H groups in total. The number of rotatable bonds is 1. The lowest BCUT2D eigenvalue weighted by Gasteiger charge is -2.16. The molecular weight excluding hydrogens is 186 g/mol. The van der Waals surface area contributed by atoms with E-state index in [1.165, 1.54) is 0 Å². The summed E-state index contributed by atoms with van der Waals surface area (Å²) in [6.07, 6.45) is 0. The van der Waals surface area contributed by atoms with E-state index in [-0.39, 0.29) is 24.7 Å². The topological polar surface area (TPSA) is 84.2 Å². The molecule has 6 nitrogen and oxygen atoms in total. The number of carbonyl (C=O) groups is 2. The minimum Gasteiger partial charge on any atom is -0.476 e. The third-order valence-electron chi connectivity index (χ3n) is 2.22. The van der Waals surface area contributed by atoms with Crippen LogP contribution in [0.15, 0.2) is 0 Å². The second kappa shape index (κ2) is 2.83. The van der Waals surface area contributed by atoms with Crippen LogP contribution in [0.2, 0.25) is 0 Å². The number of imidazole rings is 1. The Morgan fingerprint density at radius 1 is 1.64 bits per heavy atom. The molecule has 2 heterocycles. The highest BCUT2D eigenvalue weighted by atomic mass is 16.4. The SMILES string of the molecule is Cc1nc(C(=O)O)c2n1CC(=O)NC2. The van der Waals surface area contributed by atoms with Gasteiger partial charge in [-0.2, -0.15) is 0 Å². The van der Waals surface area contributed by atoms with Crippen LogP contribution < -0.4 is 5.32 Å². The lowest BCUT2D eigenvalue weighted by molar-refractivity contribution is -0.122. The molecule has 1 amide bonds. The number of hydrogen-bond donors (Lipinski definition) is 2. The summed E-state index contributed by atoms with van der Waals surface area (Å²) < 4.78 is 1.63. The number of aromatic nitrogens is 2. The fourth-order valence-electron chi connectivity index (χ4n) is 1.55. The van der Waals surface area contributed by atoms with Crippen LogP contribution in [-0.4, -0.2) is 26.5 Å². The molecule has 1 aliphatic rings. The molecule has 2 rings (SSSR count). The van der Waals surface area contributed by atoms with Crippen LogP contribution in [0.3, 0.4) is 0 Å². The first-order valence-electron chi connectivity index (χ1n) is 4.15. The molecule has 0 aromatic carbocycles. The minimum atomic E-state index is -1.06. The van der Waals surface area contributed by atoms with Crippen LogP contribution in [0.4, 0.5) is 0 Å². The van der Waals surface area contributed by atoms with E-state index in [0.717, 1.165) is 0 Å². The van der Waals surface area contributed by atoms with Gasteiger partial charge in [-0.05, 0) is 6.92 Å². The molecule has 1 aliphatic heterocycles. The summed E-state index contributed by atoms with van der Waals surface area (Å²) in [5.74, 6) is -0.611. The van der Waals surface area contributed by atoms with Crippen LogP contribution in [0.25, 0.3) is 0 Å². The molecule has 0 saturated carbocycles. The molecule has 0 bridgehead atoms. The van der Waals surface area contributed by atoms with E-state index in [4.69, 9.17) is 5.11 Å². The number of nitrogens with zero attached hydrogens (tertiary/aromatic N) is 2. The van der Waals surface area contributed by atoms with E-state index in [1.54, 1.807) is 11.5 Å². The zero-order valence-corrected chi connectivity index (χ0v) is 7.57. The number of carbonyl (C=O) groups excluding carboxylic acids is 1. The highest BCUT2D eigenvalue weighted by molar-refractivity contribution is 5.88. The van der Waals surface area contributed by atoms with Crippen LogP contribution >= 0.6 is 0 Å². The summed E-state index contributed by atoms with van der Waals surface area (Å²) in [4.78, 5) is 25.7. The molecule has 0 radical (unpaired) electrons. The van der Waals surface area contributed by atoms with Crippen molar-refractivity contribution in [3.8, 4) is 0 Å². The highest BCUT2D eigenvalue weighted by Crippen LogP contribution is 2.14. The average molecular weight is 195 g/mol. The van der Waals surface area contributed by atoms with Gasteiger partial charge in [-0.15, -0.1) is 0 Å². The molecule has 0 atom stereocenters. The summed E-state index contributed by atoms with van der Waals surface area (Å²) in [5.41, 5.74) is 0.595. The van der Waals surface area contributed by atoms with Gasteiger partial charge >= 0.3 is 5.97 Å². The lowest BCUT2D eigenvalue weighted by atomic mass is 10.2.